The number of nitrogens with zero attached hydrogens (tertiary/aromatic N) is 2. The number of carbonyl (C=O) groups is 3. The van der Waals surface area contributed by atoms with Crippen LogP contribution in [-0.4, -0.2) is 27.7 Å². The zero-order chi connectivity index (χ0) is 27.1. The predicted molar refractivity (Wildman–Crippen MR) is 153 cm³/mol. The lowest BCUT2D eigenvalue weighted by molar-refractivity contribution is 0.0865. The summed E-state index contributed by atoms with van der Waals surface area (Å²) in [6, 6.07) is 31.4. The van der Waals surface area contributed by atoms with E-state index in [2.05, 4.69) is 0 Å². The van der Waals surface area contributed by atoms with Crippen molar-refractivity contribution in [3.8, 4) is 0 Å². The third-order valence-corrected chi connectivity index (χ3v) is 8.13. The molecule has 0 bridgehead atoms. The minimum Gasteiger partial charge on any atom is -0.387 e. The standard InChI is InChI=1S/C34H20N2O4/c37-31-23-14-19-6-1-2-7-20(19)15-24(23)32(38)29(31)27-13-12-18-10-5-11-28(30(18)35-27)36-33(39)25-16-21-8-3-4-9-22(21)17-26(25)34(36)40/h1-17,29,31,37H. The van der Waals surface area contributed by atoms with Crippen LogP contribution in [0.25, 0.3) is 32.4 Å². The Bertz CT molecular complexity index is 2060. The molecule has 1 aliphatic heterocycles. The molecule has 1 N–H and O–H groups in total. The van der Waals surface area contributed by atoms with Crippen LogP contribution < -0.4 is 4.90 Å². The molecule has 5 aromatic carbocycles. The summed E-state index contributed by atoms with van der Waals surface area (Å²) in [6.45, 7) is 0. The number of hydrogen-bond donors (Lipinski definition) is 1. The van der Waals surface area contributed by atoms with Crippen LogP contribution in [-0.2, 0) is 0 Å². The van der Waals surface area contributed by atoms with Crippen molar-refractivity contribution in [2.24, 2.45) is 0 Å². The average Bonchev–Trinajstić information content (AvgIpc) is 3.37. The molecule has 6 heteroatoms. The Morgan fingerprint density at radius 1 is 0.600 bits per heavy atom. The predicted octanol–water partition coefficient (Wildman–Crippen LogP) is 6.36. The van der Waals surface area contributed by atoms with Gasteiger partial charge in [0.25, 0.3) is 11.8 Å². The number of pyridine rings is 1. The number of para-hydroxylation sites is 1. The first-order valence-corrected chi connectivity index (χ1v) is 13.1. The number of anilines is 1. The maximum absolute atomic E-state index is 13.6. The van der Waals surface area contributed by atoms with Crippen LogP contribution in [0.15, 0.2) is 103 Å². The smallest absolute Gasteiger partial charge is 0.266 e. The van der Waals surface area contributed by atoms with Crippen molar-refractivity contribution in [3.63, 3.8) is 0 Å². The molecular weight excluding hydrogens is 500 g/mol. The summed E-state index contributed by atoms with van der Waals surface area (Å²) < 4.78 is 0. The third kappa shape index (κ3) is 3.08. The summed E-state index contributed by atoms with van der Waals surface area (Å²) in [7, 11) is 0. The molecule has 2 unspecified atom stereocenters. The topological polar surface area (TPSA) is 87.6 Å². The largest absolute Gasteiger partial charge is 0.387 e. The molecule has 6 nitrogen and oxygen atoms in total. The second-order valence-corrected chi connectivity index (χ2v) is 10.3. The Morgan fingerprint density at radius 2 is 1.15 bits per heavy atom. The Kier molecular flexibility index (Phi) is 4.64. The van der Waals surface area contributed by atoms with Crippen LogP contribution >= 0.6 is 0 Å². The molecule has 2 atom stereocenters. The van der Waals surface area contributed by atoms with E-state index in [1.54, 1.807) is 30.3 Å². The van der Waals surface area contributed by atoms with Crippen LogP contribution in [0.4, 0.5) is 5.69 Å². The molecule has 0 radical (unpaired) electrons. The monoisotopic (exact) mass is 520 g/mol. The number of aromatic nitrogens is 1. The normalized spacial score (nSPS) is 18.2. The van der Waals surface area contributed by atoms with Crippen molar-refractivity contribution < 1.29 is 19.5 Å². The molecule has 0 saturated carbocycles. The molecular formula is C34H20N2O4. The van der Waals surface area contributed by atoms with Gasteiger partial charge in [-0.25, -0.2) is 9.88 Å². The highest BCUT2D eigenvalue weighted by Crippen LogP contribution is 2.44. The number of benzene rings is 5. The lowest BCUT2D eigenvalue weighted by atomic mass is 9.97. The van der Waals surface area contributed by atoms with Crippen LogP contribution in [0, 0.1) is 0 Å². The van der Waals surface area contributed by atoms with Gasteiger partial charge in [0.2, 0.25) is 0 Å². The van der Waals surface area contributed by atoms with Crippen molar-refractivity contribution in [1.29, 1.82) is 0 Å². The number of aliphatic hydroxyl groups excluding tert-OH is 1. The van der Waals surface area contributed by atoms with E-state index in [-0.39, 0.29) is 5.78 Å². The van der Waals surface area contributed by atoms with Crippen LogP contribution in [0.5, 0.6) is 0 Å². The van der Waals surface area contributed by atoms with E-state index >= 15 is 0 Å². The van der Waals surface area contributed by atoms with Gasteiger partial charge in [-0.05, 0) is 63.5 Å². The molecule has 0 fully saturated rings. The van der Waals surface area contributed by atoms with Gasteiger partial charge in [-0.15, -0.1) is 0 Å². The highest BCUT2D eigenvalue weighted by molar-refractivity contribution is 6.36. The van der Waals surface area contributed by atoms with E-state index in [4.69, 9.17) is 4.98 Å². The van der Waals surface area contributed by atoms with Crippen LogP contribution in [0.2, 0.25) is 0 Å². The van der Waals surface area contributed by atoms with Gasteiger partial charge in [0.15, 0.2) is 5.78 Å². The molecule has 2 aliphatic rings. The quantitative estimate of drug-likeness (QED) is 0.269. The zero-order valence-corrected chi connectivity index (χ0v) is 21.0. The molecule has 190 valence electrons. The number of Topliss-reactive ketones (excluding diaryl/α,β-unsaturated/α-hetero) is 1. The summed E-state index contributed by atoms with van der Waals surface area (Å²) >= 11 is 0. The highest BCUT2D eigenvalue weighted by atomic mass is 16.3. The minimum atomic E-state index is -1.06. The summed E-state index contributed by atoms with van der Waals surface area (Å²) in [4.78, 5) is 46.7. The number of hydrogen-bond acceptors (Lipinski definition) is 5. The number of carbonyl (C=O) groups excluding carboxylic acids is 3. The second kappa shape index (κ2) is 8.15. The van der Waals surface area contributed by atoms with E-state index < -0.39 is 23.8 Å². The number of imide groups is 1. The van der Waals surface area contributed by atoms with Crippen molar-refractivity contribution >= 4 is 55.7 Å². The molecule has 8 rings (SSSR count). The van der Waals surface area contributed by atoms with E-state index in [0.717, 1.165) is 26.4 Å². The molecule has 1 aliphatic carbocycles. The first-order valence-electron chi connectivity index (χ1n) is 13.1. The molecule has 2 heterocycles. The minimum absolute atomic E-state index is 0.204. The average molecular weight is 521 g/mol. The third-order valence-electron chi connectivity index (χ3n) is 8.13. The second-order valence-electron chi connectivity index (χ2n) is 10.3. The van der Waals surface area contributed by atoms with E-state index in [9.17, 15) is 19.5 Å². The van der Waals surface area contributed by atoms with Crippen molar-refractivity contribution in [1.82, 2.24) is 4.98 Å². The number of amides is 2. The Balaban J connectivity index is 1.24. The van der Waals surface area contributed by atoms with Gasteiger partial charge in [0.1, 0.15) is 0 Å². The fourth-order valence-electron chi connectivity index (χ4n) is 6.15. The number of ketones is 1. The van der Waals surface area contributed by atoms with E-state index in [1.807, 2.05) is 72.8 Å². The van der Waals surface area contributed by atoms with Gasteiger partial charge in [-0.2, -0.15) is 0 Å². The van der Waals surface area contributed by atoms with Gasteiger partial charge in [0, 0.05) is 10.9 Å². The number of rotatable bonds is 2. The summed E-state index contributed by atoms with van der Waals surface area (Å²) in [5.41, 5.74) is 2.91. The SMILES string of the molecule is O=C1c2cc3ccccc3cc2C(O)C1c1ccc2cccc(N3C(=O)c4cc5ccccc5cc4C3=O)c2n1. The van der Waals surface area contributed by atoms with Crippen LogP contribution in [0.3, 0.4) is 0 Å². The van der Waals surface area contributed by atoms with Crippen molar-refractivity contribution in [2.75, 3.05) is 4.90 Å². The Hall–Kier alpha value is -5.20. The summed E-state index contributed by atoms with van der Waals surface area (Å²) in [5, 5.41) is 15.6. The maximum atomic E-state index is 13.6. The lowest BCUT2D eigenvalue weighted by Crippen LogP contribution is -2.29. The molecule has 2 amide bonds. The Morgan fingerprint density at radius 3 is 1.77 bits per heavy atom. The van der Waals surface area contributed by atoms with E-state index in [1.165, 1.54) is 0 Å². The zero-order valence-electron chi connectivity index (χ0n) is 21.0. The Labute approximate surface area is 228 Å². The first kappa shape index (κ1) is 22.8. The van der Waals surface area contributed by atoms with Gasteiger partial charge in [0.05, 0.1) is 40.0 Å². The fraction of sp³-hybridized carbons (Fsp3) is 0.0588. The summed E-state index contributed by atoms with van der Waals surface area (Å²) in [6.07, 6.45) is -1.06. The maximum Gasteiger partial charge on any atom is 0.266 e. The molecule has 6 aromatic rings. The van der Waals surface area contributed by atoms with Gasteiger partial charge in [-0.1, -0.05) is 66.7 Å². The van der Waals surface area contributed by atoms with Crippen LogP contribution in [0.1, 0.15) is 54.4 Å². The van der Waals surface area contributed by atoms with Crippen molar-refractivity contribution in [3.05, 3.63) is 131 Å². The van der Waals surface area contributed by atoms with Gasteiger partial charge >= 0.3 is 0 Å². The molecule has 0 saturated heterocycles. The molecule has 1 aromatic heterocycles. The van der Waals surface area contributed by atoms with E-state index in [0.29, 0.717) is 44.5 Å². The van der Waals surface area contributed by atoms with Gasteiger partial charge in [-0.3, -0.25) is 14.4 Å². The molecule has 40 heavy (non-hydrogen) atoms. The highest BCUT2D eigenvalue weighted by Gasteiger charge is 2.42. The lowest BCUT2D eigenvalue weighted by Gasteiger charge is -2.18. The number of fused-ring (bicyclic) bond motifs is 5. The first-order chi connectivity index (χ1) is 19.5. The number of aliphatic hydroxyl groups is 1. The molecule has 0 spiro atoms. The van der Waals surface area contributed by atoms with Gasteiger partial charge < -0.3 is 5.11 Å². The fourth-order valence-corrected chi connectivity index (χ4v) is 6.15. The van der Waals surface area contributed by atoms with Crippen molar-refractivity contribution in [2.45, 2.75) is 12.0 Å². The summed E-state index contributed by atoms with van der Waals surface area (Å²) in [5.74, 6) is -1.93.